The van der Waals surface area contributed by atoms with Gasteiger partial charge in [0.25, 0.3) is 0 Å². The van der Waals surface area contributed by atoms with E-state index < -0.39 is 5.60 Å². The van der Waals surface area contributed by atoms with Gasteiger partial charge in [0.2, 0.25) is 0 Å². The molecule has 1 amide bonds. The lowest BCUT2D eigenvalue weighted by molar-refractivity contribution is 0.0159. The molecule has 2 aromatic heterocycles. The molecule has 0 spiro atoms. The average Bonchev–Trinajstić information content (AvgIpc) is 3.45. The Hall–Kier alpha value is -3.00. The molecule has 0 unspecified atom stereocenters. The molecule has 3 aromatic rings. The Morgan fingerprint density at radius 2 is 1.86 bits per heavy atom. The fourth-order valence-electron chi connectivity index (χ4n) is 5.03. The molecule has 8 nitrogen and oxygen atoms in total. The predicted octanol–water partition coefficient (Wildman–Crippen LogP) is 5.12. The van der Waals surface area contributed by atoms with Crippen LogP contribution in [0.15, 0.2) is 36.8 Å². The minimum Gasteiger partial charge on any atom is -0.444 e. The number of aromatic nitrogens is 3. The molecular formula is C26H33ClN6O2. The van der Waals surface area contributed by atoms with Crippen LogP contribution < -0.4 is 9.80 Å². The second kappa shape index (κ2) is 9.22. The highest BCUT2D eigenvalue weighted by Gasteiger charge is 2.33. The number of carbonyl (C=O) groups is 1. The molecule has 9 heteroatoms. The Kier molecular flexibility index (Phi) is 6.25. The first kappa shape index (κ1) is 23.7. The van der Waals surface area contributed by atoms with Gasteiger partial charge in [-0.05, 0) is 58.7 Å². The Morgan fingerprint density at radius 3 is 2.54 bits per heavy atom. The summed E-state index contributed by atoms with van der Waals surface area (Å²) in [6.45, 7) is 11.7. The molecule has 0 radical (unpaired) electrons. The molecule has 0 bridgehead atoms. The van der Waals surface area contributed by atoms with Crippen molar-refractivity contribution < 1.29 is 9.53 Å². The number of amides is 1. The zero-order chi connectivity index (χ0) is 24.7. The molecule has 4 heterocycles. The number of halogens is 1. The number of nitrogens with zero attached hydrogens (tertiary/aromatic N) is 6. The topological polar surface area (TPSA) is 66.7 Å². The van der Waals surface area contributed by atoms with Gasteiger partial charge in [-0.1, -0.05) is 17.7 Å². The molecule has 2 aliphatic rings. The molecule has 0 N–H and O–H groups in total. The van der Waals surface area contributed by atoms with Crippen molar-refractivity contribution in [3.05, 3.63) is 41.8 Å². The molecule has 2 fully saturated rings. The molecule has 2 saturated heterocycles. The second-order valence-electron chi connectivity index (χ2n) is 10.4. The van der Waals surface area contributed by atoms with E-state index in [2.05, 4.69) is 27.5 Å². The van der Waals surface area contributed by atoms with Gasteiger partial charge >= 0.3 is 6.09 Å². The highest BCUT2D eigenvalue weighted by atomic mass is 35.5. The minimum atomic E-state index is -0.513. The van der Waals surface area contributed by atoms with Gasteiger partial charge < -0.3 is 19.4 Å². The van der Waals surface area contributed by atoms with Crippen molar-refractivity contribution >= 4 is 40.2 Å². The first-order chi connectivity index (χ1) is 16.7. The monoisotopic (exact) mass is 496 g/mol. The lowest BCUT2D eigenvalue weighted by Crippen LogP contribution is -2.55. The fourth-order valence-corrected chi connectivity index (χ4v) is 5.21. The van der Waals surface area contributed by atoms with Gasteiger partial charge in [0.15, 0.2) is 5.65 Å². The zero-order valence-electron chi connectivity index (χ0n) is 20.9. The van der Waals surface area contributed by atoms with E-state index in [1.54, 1.807) is 6.33 Å². The van der Waals surface area contributed by atoms with Crippen LogP contribution in [0, 0.1) is 0 Å². The lowest BCUT2D eigenvalue weighted by atomic mass is 10.1. The zero-order valence-corrected chi connectivity index (χ0v) is 21.6. The largest absolute Gasteiger partial charge is 0.444 e. The van der Waals surface area contributed by atoms with Crippen LogP contribution in [0.4, 0.5) is 16.3 Å². The summed E-state index contributed by atoms with van der Waals surface area (Å²) in [5.74, 6) is 0.911. The van der Waals surface area contributed by atoms with Crippen molar-refractivity contribution in [3.63, 3.8) is 0 Å². The molecule has 35 heavy (non-hydrogen) atoms. The van der Waals surface area contributed by atoms with Crippen LogP contribution >= 0.6 is 11.6 Å². The van der Waals surface area contributed by atoms with E-state index in [1.165, 1.54) is 12.8 Å². The van der Waals surface area contributed by atoms with Gasteiger partial charge in [-0.2, -0.15) is 0 Å². The highest BCUT2D eigenvalue weighted by Crippen LogP contribution is 2.38. The maximum Gasteiger partial charge on any atom is 0.410 e. The first-order valence-electron chi connectivity index (χ1n) is 12.3. The number of carbonyl (C=O) groups excluding carboxylic acids is 1. The van der Waals surface area contributed by atoms with Crippen LogP contribution in [0.2, 0.25) is 5.02 Å². The van der Waals surface area contributed by atoms with Crippen molar-refractivity contribution in [1.82, 2.24) is 19.4 Å². The summed E-state index contributed by atoms with van der Waals surface area (Å²) in [7, 11) is 0. The van der Waals surface area contributed by atoms with Gasteiger partial charge in [0, 0.05) is 55.7 Å². The molecule has 186 valence electrons. The van der Waals surface area contributed by atoms with Crippen LogP contribution in [-0.4, -0.2) is 69.9 Å². The van der Waals surface area contributed by atoms with Crippen LogP contribution in [0.1, 0.15) is 40.5 Å². The second-order valence-corrected chi connectivity index (χ2v) is 10.9. The number of anilines is 2. The molecule has 0 saturated carbocycles. The van der Waals surface area contributed by atoms with E-state index in [1.807, 2.05) is 49.9 Å². The summed E-state index contributed by atoms with van der Waals surface area (Å²) in [6.07, 6.45) is 5.90. The SMILES string of the molecule is C[C@H]1CN(c2ncnc3c2c(N2CCCC2)cn3-c2cccc(Cl)c2)CCN1C(=O)OC(C)(C)C. The van der Waals surface area contributed by atoms with Crippen LogP contribution in [0.5, 0.6) is 0 Å². The number of piperazine rings is 1. The van der Waals surface area contributed by atoms with Crippen LogP contribution in [0.25, 0.3) is 16.7 Å². The van der Waals surface area contributed by atoms with E-state index in [-0.39, 0.29) is 12.1 Å². The first-order valence-corrected chi connectivity index (χ1v) is 12.7. The van der Waals surface area contributed by atoms with Gasteiger partial charge in [-0.25, -0.2) is 14.8 Å². The van der Waals surface area contributed by atoms with Crippen molar-refractivity contribution in [1.29, 1.82) is 0 Å². The van der Waals surface area contributed by atoms with Gasteiger partial charge in [0.1, 0.15) is 17.7 Å². The van der Waals surface area contributed by atoms with Crippen LogP contribution in [-0.2, 0) is 4.74 Å². The highest BCUT2D eigenvalue weighted by molar-refractivity contribution is 6.30. The van der Waals surface area contributed by atoms with Crippen molar-refractivity contribution in [3.8, 4) is 5.69 Å². The number of ether oxygens (including phenoxy) is 1. The summed E-state index contributed by atoms with van der Waals surface area (Å²) >= 11 is 6.32. The van der Waals surface area contributed by atoms with Gasteiger partial charge in [-0.15, -0.1) is 0 Å². The summed E-state index contributed by atoms with van der Waals surface area (Å²) in [5.41, 5.74) is 2.47. The third-order valence-electron chi connectivity index (χ3n) is 6.63. The van der Waals surface area contributed by atoms with Crippen molar-refractivity contribution in [2.75, 3.05) is 42.5 Å². The van der Waals surface area contributed by atoms with E-state index >= 15 is 0 Å². The summed E-state index contributed by atoms with van der Waals surface area (Å²) in [4.78, 5) is 28.7. The molecule has 2 aliphatic heterocycles. The standard InChI is InChI=1S/C26H33ClN6O2/c1-18-15-31(12-13-32(18)25(34)35-26(2,3)4)23-22-21(30-10-5-6-11-30)16-33(24(22)29-17-28-23)20-9-7-8-19(27)14-20/h7-9,14,16-18H,5-6,10-13,15H2,1-4H3/t18-/m0/s1. The molecule has 0 aliphatic carbocycles. The third-order valence-corrected chi connectivity index (χ3v) is 6.87. The Balaban J connectivity index is 1.52. The Morgan fingerprint density at radius 1 is 1.09 bits per heavy atom. The maximum atomic E-state index is 12.7. The summed E-state index contributed by atoms with van der Waals surface area (Å²) in [5, 5.41) is 1.74. The van der Waals surface area contributed by atoms with Crippen LogP contribution in [0.3, 0.4) is 0 Å². The number of benzene rings is 1. The number of hydrogen-bond donors (Lipinski definition) is 0. The molecule has 1 aromatic carbocycles. The van der Waals surface area contributed by atoms with Crippen molar-refractivity contribution in [2.24, 2.45) is 0 Å². The predicted molar refractivity (Wildman–Crippen MR) is 140 cm³/mol. The normalized spacial score (nSPS) is 19.0. The lowest BCUT2D eigenvalue weighted by Gasteiger charge is -2.41. The third kappa shape index (κ3) is 4.76. The smallest absolute Gasteiger partial charge is 0.410 e. The van der Waals surface area contributed by atoms with E-state index in [4.69, 9.17) is 26.3 Å². The van der Waals surface area contributed by atoms with E-state index in [9.17, 15) is 4.79 Å². The van der Waals surface area contributed by atoms with Gasteiger partial charge in [-0.3, -0.25) is 4.57 Å². The van der Waals surface area contributed by atoms with E-state index in [0.29, 0.717) is 24.7 Å². The van der Waals surface area contributed by atoms with Crippen molar-refractivity contribution in [2.45, 2.75) is 52.2 Å². The van der Waals surface area contributed by atoms with E-state index in [0.717, 1.165) is 41.3 Å². The average molecular weight is 497 g/mol. The summed E-state index contributed by atoms with van der Waals surface area (Å²) in [6, 6.07) is 7.83. The Labute approximate surface area is 211 Å². The molecule has 1 atom stereocenters. The molecular weight excluding hydrogens is 464 g/mol. The fraction of sp³-hybridized carbons (Fsp3) is 0.500. The maximum absolute atomic E-state index is 12.7. The quantitative estimate of drug-likeness (QED) is 0.501. The summed E-state index contributed by atoms with van der Waals surface area (Å²) < 4.78 is 7.74. The minimum absolute atomic E-state index is 0.00568. The Bertz CT molecular complexity index is 1230. The molecule has 5 rings (SSSR count). The van der Waals surface area contributed by atoms with Gasteiger partial charge in [0.05, 0.1) is 11.1 Å². The number of rotatable bonds is 3. The number of fused-ring (bicyclic) bond motifs is 1. The number of hydrogen-bond acceptors (Lipinski definition) is 6.